The van der Waals surface area contributed by atoms with Gasteiger partial charge in [-0.25, -0.2) is 0 Å². The van der Waals surface area contributed by atoms with Gasteiger partial charge in [-0.2, -0.15) is 0 Å². The lowest BCUT2D eigenvalue weighted by Gasteiger charge is -2.06. The van der Waals surface area contributed by atoms with Crippen molar-refractivity contribution in [2.24, 2.45) is 5.92 Å². The third-order valence-corrected chi connectivity index (χ3v) is 3.79. The summed E-state index contributed by atoms with van der Waals surface area (Å²) in [5, 5.41) is 0. The molecule has 0 spiro atoms. The van der Waals surface area contributed by atoms with E-state index in [4.69, 9.17) is 6.42 Å². The van der Waals surface area contributed by atoms with E-state index in [2.05, 4.69) is 12.8 Å². The highest BCUT2D eigenvalue weighted by atomic mass is 16.1. The number of hydrogen-bond acceptors (Lipinski definition) is 1. The molecule has 19 heavy (non-hydrogen) atoms. The third-order valence-electron chi connectivity index (χ3n) is 3.79. The molecule has 0 amide bonds. The molecule has 0 rings (SSSR count). The molecule has 0 aliphatic rings. The predicted octanol–water partition coefficient (Wildman–Crippen LogP) is 5.53. The molecular formula is C18H32O. The Balaban J connectivity index is 3.19. The van der Waals surface area contributed by atoms with Gasteiger partial charge in [0, 0.05) is 0 Å². The van der Waals surface area contributed by atoms with E-state index in [-0.39, 0.29) is 11.7 Å². The molecule has 0 aliphatic heterocycles. The van der Waals surface area contributed by atoms with Crippen molar-refractivity contribution in [1.82, 2.24) is 0 Å². The molecule has 0 saturated heterocycles. The van der Waals surface area contributed by atoms with E-state index in [1.807, 2.05) is 0 Å². The van der Waals surface area contributed by atoms with Gasteiger partial charge in [-0.15, -0.1) is 6.42 Å². The first kappa shape index (κ1) is 18.2. The number of rotatable bonds is 13. The molecular weight excluding hydrogens is 232 g/mol. The van der Waals surface area contributed by atoms with E-state index in [1.54, 1.807) is 6.92 Å². The summed E-state index contributed by atoms with van der Waals surface area (Å²) in [6, 6.07) is 0. The maximum absolute atomic E-state index is 11.1. The van der Waals surface area contributed by atoms with Gasteiger partial charge in [0.2, 0.25) is 0 Å². The van der Waals surface area contributed by atoms with Crippen molar-refractivity contribution in [2.75, 3.05) is 0 Å². The summed E-state index contributed by atoms with van der Waals surface area (Å²) < 4.78 is 0. The van der Waals surface area contributed by atoms with Crippen LogP contribution in [0.3, 0.4) is 0 Å². The van der Waals surface area contributed by atoms with E-state index >= 15 is 0 Å². The molecule has 1 unspecified atom stereocenters. The number of hydrogen-bond donors (Lipinski definition) is 0. The molecule has 0 aromatic heterocycles. The summed E-state index contributed by atoms with van der Waals surface area (Å²) in [5.74, 6) is 2.60. The molecule has 0 radical (unpaired) electrons. The molecule has 0 aromatic rings. The molecule has 0 heterocycles. The van der Waals surface area contributed by atoms with Crippen molar-refractivity contribution in [3.63, 3.8) is 0 Å². The van der Waals surface area contributed by atoms with Crippen molar-refractivity contribution in [3.8, 4) is 12.3 Å². The largest absolute Gasteiger partial charge is 0.299 e. The van der Waals surface area contributed by atoms with E-state index in [9.17, 15) is 4.79 Å². The van der Waals surface area contributed by atoms with Crippen molar-refractivity contribution >= 4 is 5.78 Å². The maximum atomic E-state index is 11.1. The highest BCUT2D eigenvalue weighted by molar-refractivity contribution is 5.80. The van der Waals surface area contributed by atoms with Gasteiger partial charge in [0.15, 0.2) is 0 Å². The fourth-order valence-electron chi connectivity index (χ4n) is 2.42. The molecule has 0 aromatic carbocycles. The average molecular weight is 264 g/mol. The van der Waals surface area contributed by atoms with E-state index < -0.39 is 0 Å². The predicted molar refractivity (Wildman–Crippen MR) is 84.1 cm³/mol. The SMILES string of the molecule is C#CC(CCCCCCCCCCCCC)C(C)=O. The summed E-state index contributed by atoms with van der Waals surface area (Å²) in [6.07, 6.45) is 20.9. The van der Waals surface area contributed by atoms with Crippen LogP contribution in [0.25, 0.3) is 0 Å². The Morgan fingerprint density at radius 2 is 1.32 bits per heavy atom. The average Bonchev–Trinajstić information content (AvgIpc) is 2.40. The standard InChI is InChI=1S/C18H32O/c1-4-6-7-8-9-10-11-12-13-14-15-16-18(5-2)17(3)19/h2,18H,4,6-16H2,1,3H3. The molecule has 0 N–H and O–H groups in total. The van der Waals surface area contributed by atoms with Crippen molar-refractivity contribution in [2.45, 2.75) is 90.9 Å². The quantitative estimate of drug-likeness (QED) is 0.316. The van der Waals surface area contributed by atoms with Crippen molar-refractivity contribution < 1.29 is 4.79 Å². The first-order valence-electron chi connectivity index (χ1n) is 8.19. The van der Waals surface area contributed by atoms with Gasteiger partial charge in [0.05, 0.1) is 5.92 Å². The number of carbonyl (C=O) groups is 1. The summed E-state index contributed by atoms with van der Waals surface area (Å²) in [4.78, 5) is 11.1. The number of terminal acetylenes is 1. The first-order valence-corrected chi connectivity index (χ1v) is 8.19. The number of Topliss-reactive ketones (excluding diaryl/α,β-unsaturated/α-hetero) is 1. The minimum absolute atomic E-state index is 0.140. The minimum atomic E-state index is -0.140. The van der Waals surface area contributed by atoms with Crippen LogP contribution in [-0.4, -0.2) is 5.78 Å². The molecule has 0 aliphatic carbocycles. The van der Waals surface area contributed by atoms with Gasteiger partial charge >= 0.3 is 0 Å². The monoisotopic (exact) mass is 264 g/mol. The highest BCUT2D eigenvalue weighted by Gasteiger charge is 2.09. The molecule has 1 nitrogen and oxygen atoms in total. The van der Waals surface area contributed by atoms with Crippen LogP contribution in [0.5, 0.6) is 0 Å². The molecule has 0 bridgehead atoms. The van der Waals surface area contributed by atoms with Crippen LogP contribution in [0.1, 0.15) is 90.9 Å². The van der Waals surface area contributed by atoms with Gasteiger partial charge < -0.3 is 0 Å². The number of ketones is 1. The van der Waals surface area contributed by atoms with Crippen LogP contribution in [0, 0.1) is 18.3 Å². The Bertz CT molecular complexity index is 249. The van der Waals surface area contributed by atoms with Crippen LogP contribution in [-0.2, 0) is 4.79 Å². The normalized spacial score (nSPS) is 12.1. The molecule has 1 atom stereocenters. The van der Waals surface area contributed by atoms with Gasteiger partial charge in [-0.3, -0.25) is 4.79 Å². The Morgan fingerprint density at radius 1 is 0.895 bits per heavy atom. The third kappa shape index (κ3) is 12.0. The number of carbonyl (C=O) groups excluding carboxylic acids is 1. The zero-order chi connectivity index (χ0) is 14.3. The summed E-state index contributed by atoms with van der Waals surface area (Å²) in [5.41, 5.74) is 0. The topological polar surface area (TPSA) is 17.1 Å². The van der Waals surface area contributed by atoms with Gasteiger partial charge in [0.25, 0.3) is 0 Å². The summed E-state index contributed by atoms with van der Waals surface area (Å²) >= 11 is 0. The van der Waals surface area contributed by atoms with Crippen molar-refractivity contribution in [3.05, 3.63) is 0 Å². The fraction of sp³-hybridized carbons (Fsp3) is 0.833. The van der Waals surface area contributed by atoms with Crippen LogP contribution in [0.2, 0.25) is 0 Å². The van der Waals surface area contributed by atoms with Crippen LogP contribution in [0.4, 0.5) is 0 Å². The lowest BCUT2D eigenvalue weighted by Crippen LogP contribution is -2.07. The van der Waals surface area contributed by atoms with E-state index in [0.717, 1.165) is 12.8 Å². The molecule has 0 fully saturated rings. The first-order chi connectivity index (χ1) is 9.22. The minimum Gasteiger partial charge on any atom is -0.299 e. The Kier molecular flexibility index (Phi) is 13.1. The maximum Gasteiger partial charge on any atom is 0.144 e. The van der Waals surface area contributed by atoms with Gasteiger partial charge in [0.1, 0.15) is 5.78 Å². The van der Waals surface area contributed by atoms with E-state index in [0.29, 0.717) is 0 Å². The van der Waals surface area contributed by atoms with Gasteiger partial charge in [-0.05, 0) is 13.3 Å². The zero-order valence-electron chi connectivity index (χ0n) is 13.0. The van der Waals surface area contributed by atoms with Crippen molar-refractivity contribution in [1.29, 1.82) is 0 Å². The van der Waals surface area contributed by atoms with Crippen LogP contribution < -0.4 is 0 Å². The summed E-state index contributed by atoms with van der Waals surface area (Å²) in [6.45, 7) is 3.86. The second-order valence-electron chi connectivity index (χ2n) is 5.65. The Labute approximate surface area is 120 Å². The number of unbranched alkanes of at least 4 members (excludes halogenated alkanes) is 10. The van der Waals surface area contributed by atoms with Crippen LogP contribution >= 0.6 is 0 Å². The van der Waals surface area contributed by atoms with E-state index in [1.165, 1.54) is 64.2 Å². The van der Waals surface area contributed by atoms with Gasteiger partial charge in [-0.1, -0.05) is 83.5 Å². The Morgan fingerprint density at radius 3 is 1.68 bits per heavy atom. The lowest BCUT2D eigenvalue weighted by molar-refractivity contribution is -0.119. The second-order valence-corrected chi connectivity index (χ2v) is 5.65. The fourth-order valence-corrected chi connectivity index (χ4v) is 2.42. The molecule has 1 heteroatoms. The van der Waals surface area contributed by atoms with Crippen LogP contribution in [0.15, 0.2) is 0 Å². The zero-order valence-corrected chi connectivity index (χ0v) is 13.0. The smallest absolute Gasteiger partial charge is 0.144 e. The second kappa shape index (κ2) is 13.7. The Hall–Kier alpha value is -0.770. The highest BCUT2D eigenvalue weighted by Crippen LogP contribution is 2.14. The lowest BCUT2D eigenvalue weighted by atomic mass is 9.97. The molecule has 0 saturated carbocycles. The summed E-state index contributed by atoms with van der Waals surface area (Å²) in [7, 11) is 0. The molecule has 110 valence electrons.